The van der Waals surface area contributed by atoms with Crippen molar-refractivity contribution < 1.29 is 22.8 Å². The van der Waals surface area contributed by atoms with Crippen LogP contribution in [0, 0.1) is 23.4 Å². The van der Waals surface area contributed by atoms with Crippen LogP contribution in [-0.4, -0.2) is 41.8 Å². The van der Waals surface area contributed by atoms with E-state index in [-0.39, 0.29) is 29.2 Å². The number of hydrogen-bond acceptors (Lipinski definition) is 2. The summed E-state index contributed by atoms with van der Waals surface area (Å²) in [5.41, 5.74) is 0.667. The van der Waals surface area contributed by atoms with Gasteiger partial charge in [-0.25, -0.2) is 13.2 Å². The Morgan fingerprint density at radius 3 is 2.17 bits per heavy atom. The molecule has 29 heavy (non-hydrogen) atoms. The quantitative estimate of drug-likeness (QED) is 0.767. The number of rotatable bonds is 4. The fourth-order valence-corrected chi connectivity index (χ4v) is 3.61. The average Bonchev–Trinajstić information content (AvgIpc) is 2.72. The summed E-state index contributed by atoms with van der Waals surface area (Å²) in [4.78, 5) is 28.5. The molecule has 1 aliphatic rings. The zero-order chi connectivity index (χ0) is 21.1. The van der Waals surface area contributed by atoms with Gasteiger partial charge in [0.25, 0.3) is 5.91 Å². The lowest BCUT2D eigenvalue weighted by Gasteiger charge is -2.35. The van der Waals surface area contributed by atoms with Gasteiger partial charge < -0.3 is 9.80 Å². The second-order valence-corrected chi connectivity index (χ2v) is 7.37. The molecule has 3 rings (SSSR count). The maximum absolute atomic E-state index is 13.9. The van der Waals surface area contributed by atoms with Gasteiger partial charge in [-0.1, -0.05) is 12.1 Å². The first-order chi connectivity index (χ1) is 13.8. The summed E-state index contributed by atoms with van der Waals surface area (Å²) in [5.74, 6) is -2.74. The van der Waals surface area contributed by atoms with E-state index in [1.807, 2.05) is 6.92 Å². The number of halogens is 3. The molecule has 1 fully saturated rings. The molecule has 154 valence electrons. The molecule has 0 aliphatic carbocycles. The van der Waals surface area contributed by atoms with Crippen LogP contribution in [-0.2, 0) is 4.79 Å². The van der Waals surface area contributed by atoms with Crippen LogP contribution in [0.1, 0.15) is 41.7 Å². The topological polar surface area (TPSA) is 40.6 Å². The first-order valence-corrected chi connectivity index (χ1v) is 9.54. The molecule has 4 nitrogen and oxygen atoms in total. The molecule has 1 aliphatic heterocycles. The Morgan fingerprint density at radius 1 is 1.00 bits per heavy atom. The molecule has 1 unspecified atom stereocenters. The van der Waals surface area contributed by atoms with E-state index < -0.39 is 17.5 Å². The lowest BCUT2D eigenvalue weighted by molar-refractivity contribution is -0.137. The maximum Gasteiger partial charge on any atom is 0.256 e. The molecule has 1 heterocycles. The van der Waals surface area contributed by atoms with Crippen LogP contribution in [0.2, 0.25) is 0 Å². The van der Waals surface area contributed by atoms with Gasteiger partial charge in [-0.15, -0.1) is 0 Å². The average molecular weight is 404 g/mol. The summed E-state index contributed by atoms with van der Waals surface area (Å²) in [7, 11) is 1.71. The van der Waals surface area contributed by atoms with Gasteiger partial charge in [-0.2, -0.15) is 0 Å². The predicted molar refractivity (Wildman–Crippen MR) is 103 cm³/mol. The predicted octanol–water partition coefficient (Wildman–Crippen LogP) is 4.18. The molecule has 2 aromatic rings. The molecule has 0 saturated carbocycles. The van der Waals surface area contributed by atoms with Crippen LogP contribution >= 0.6 is 0 Å². The first kappa shape index (κ1) is 20.9. The highest BCUT2D eigenvalue weighted by molar-refractivity contribution is 5.94. The van der Waals surface area contributed by atoms with Crippen molar-refractivity contribution in [1.82, 2.24) is 9.80 Å². The number of carbonyl (C=O) groups is 2. The van der Waals surface area contributed by atoms with Crippen molar-refractivity contribution in [3.05, 3.63) is 71.0 Å². The summed E-state index contributed by atoms with van der Waals surface area (Å²) < 4.78 is 40.0. The van der Waals surface area contributed by atoms with Gasteiger partial charge in [0, 0.05) is 32.1 Å². The maximum atomic E-state index is 13.9. The fraction of sp³-hybridized carbons (Fsp3) is 0.364. The van der Waals surface area contributed by atoms with Gasteiger partial charge in [-0.3, -0.25) is 9.59 Å². The molecular formula is C22H23F3N2O2. The van der Waals surface area contributed by atoms with Gasteiger partial charge in [0.05, 0.1) is 11.6 Å². The van der Waals surface area contributed by atoms with Crippen LogP contribution in [0.3, 0.4) is 0 Å². The van der Waals surface area contributed by atoms with Crippen molar-refractivity contribution in [2.45, 2.75) is 25.8 Å². The van der Waals surface area contributed by atoms with Crippen LogP contribution in [0.5, 0.6) is 0 Å². The summed E-state index contributed by atoms with van der Waals surface area (Å²) >= 11 is 0. The van der Waals surface area contributed by atoms with E-state index in [1.165, 1.54) is 17.0 Å². The second-order valence-electron chi connectivity index (χ2n) is 7.37. The van der Waals surface area contributed by atoms with Crippen molar-refractivity contribution in [2.24, 2.45) is 5.92 Å². The standard InChI is InChI=1S/C22H23F3N2O2/c1-14(15-3-5-17(23)6-4-15)26(2)21(28)16-9-11-27(12-10-16)22(29)19-8-7-18(24)13-20(19)25/h3-8,13-14,16H,9-12H2,1-2H3. The Morgan fingerprint density at radius 2 is 1.59 bits per heavy atom. The number of piperidine rings is 1. The van der Waals surface area contributed by atoms with E-state index >= 15 is 0 Å². The lowest BCUT2D eigenvalue weighted by Crippen LogP contribution is -2.44. The number of benzene rings is 2. The second kappa shape index (κ2) is 8.68. The SMILES string of the molecule is CC(c1ccc(F)cc1)N(C)C(=O)C1CCN(C(=O)c2ccc(F)cc2F)CC1. The Kier molecular flexibility index (Phi) is 6.25. The van der Waals surface area contributed by atoms with Crippen molar-refractivity contribution in [3.63, 3.8) is 0 Å². The third-order valence-electron chi connectivity index (χ3n) is 5.57. The zero-order valence-electron chi connectivity index (χ0n) is 16.4. The number of hydrogen-bond donors (Lipinski definition) is 0. The largest absolute Gasteiger partial charge is 0.339 e. The van der Waals surface area contributed by atoms with E-state index in [9.17, 15) is 22.8 Å². The molecule has 0 aromatic heterocycles. The van der Waals surface area contributed by atoms with E-state index in [0.717, 1.165) is 17.7 Å². The molecule has 2 amide bonds. The first-order valence-electron chi connectivity index (χ1n) is 9.54. The molecule has 0 bridgehead atoms. The van der Waals surface area contributed by atoms with Crippen LogP contribution in [0.25, 0.3) is 0 Å². The van der Waals surface area contributed by atoms with Gasteiger partial charge in [0.1, 0.15) is 17.5 Å². The Balaban J connectivity index is 1.60. The van der Waals surface area contributed by atoms with Gasteiger partial charge >= 0.3 is 0 Å². The van der Waals surface area contributed by atoms with Crippen LogP contribution < -0.4 is 0 Å². The third-order valence-corrected chi connectivity index (χ3v) is 5.57. The molecule has 0 N–H and O–H groups in total. The fourth-order valence-electron chi connectivity index (χ4n) is 3.61. The molecule has 1 atom stereocenters. The number of nitrogens with zero attached hydrogens (tertiary/aromatic N) is 2. The summed E-state index contributed by atoms with van der Waals surface area (Å²) in [5, 5.41) is 0. The van der Waals surface area contributed by atoms with E-state index in [4.69, 9.17) is 0 Å². The van der Waals surface area contributed by atoms with Crippen LogP contribution in [0.4, 0.5) is 13.2 Å². The molecule has 2 aromatic carbocycles. The third kappa shape index (κ3) is 4.60. The highest BCUT2D eigenvalue weighted by Gasteiger charge is 2.31. The van der Waals surface area contributed by atoms with E-state index in [1.54, 1.807) is 24.1 Å². The normalized spacial score (nSPS) is 15.8. The van der Waals surface area contributed by atoms with Gasteiger partial charge in [0.2, 0.25) is 5.91 Å². The smallest absolute Gasteiger partial charge is 0.256 e. The van der Waals surface area contributed by atoms with Crippen molar-refractivity contribution in [1.29, 1.82) is 0 Å². The minimum absolute atomic E-state index is 0.0399. The lowest BCUT2D eigenvalue weighted by atomic mass is 9.93. The van der Waals surface area contributed by atoms with Gasteiger partial charge in [0.15, 0.2) is 0 Å². The molecule has 7 heteroatoms. The number of amides is 2. The Hall–Kier alpha value is -2.83. The van der Waals surface area contributed by atoms with E-state index in [2.05, 4.69) is 0 Å². The minimum atomic E-state index is -0.888. The van der Waals surface area contributed by atoms with Crippen molar-refractivity contribution in [2.75, 3.05) is 20.1 Å². The summed E-state index contributed by atoms with van der Waals surface area (Å²) in [6.45, 7) is 2.52. The molecule has 0 radical (unpaired) electrons. The molecule has 1 saturated heterocycles. The highest BCUT2D eigenvalue weighted by Crippen LogP contribution is 2.26. The summed E-state index contributed by atoms with van der Waals surface area (Å²) in [6.07, 6.45) is 0.932. The van der Waals surface area contributed by atoms with Crippen molar-refractivity contribution >= 4 is 11.8 Å². The van der Waals surface area contributed by atoms with Gasteiger partial charge in [-0.05, 0) is 49.6 Å². The minimum Gasteiger partial charge on any atom is -0.339 e. The Labute approximate surface area is 167 Å². The van der Waals surface area contributed by atoms with Crippen molar-refractivity contribution in [3.8, 4) is 0 Å². The number of likely N-dealkylation sites (tertiary alicyclic amines) is 1. The van der Waals surface area contributed by atoms with E-state index in [0.29, 0.717) is 32.0 Å². The monoisotopic (exact) mass is 404 g/mol. The highest BCUT2D eigenvalue weighted by atomic mass is 19.1. The van der Waals surface area contributed by atoms with Crippen LogP contribution in [0.15, 0.2) is 42.5 Å². The number of carbonyl (C=O) groups excluding carboxylic acids is 2. The Bertz CT molecular complexity index is 893. The molecular weight excluding hydrogens is 381 g/mol. The molecule has 0 spiro atoms. The zero-order valence-corrected chi connectivity index (χ0v) is 16.4. The summed E-state index contributed by atoms with van der Waals surface area (Å²) in [6, 6.07) is 8.71.